The minimum Gasteiger partial charge on any atom is -0.493 e. The Labute approximate surface area is 181 Å². The van der Waals surface area contributed by atoms with Gasteiger partial charge in [-0.25, -0.2) is 0 Å². The van der Waals surface area contributed by atoms with Gasteiger partial charge in [0.2, 0.25) is 0 Å². The second kappa shape index (κ2) is 7.70. The molecule has 0 saturated heterocycles. The van der Waals surface area contributed by atoms with Crippen molar-refractivity contribution in [3.8, 4) is 5.75 Å². The van der Waals surface area contributed by atoms with E-state index < -0.39 is 0 Å². The molecule has 0 aliphatic rings. The second-order valence-electron chi connectivity index (χ2n) is 7.41. The Hall–Kier alpha value is -2.96. The third-order valence-electron chi connectivity index (χ3n) is 5.39. The maximum atomic E-state index is 13.4. The van der Waals surface area contributed by atoms with Gasteiger partial charge in [0.05, 0.1) is 23.0 Å². The fourth-order valence-corrected chi connectivity index (χ4v) is 4.37. The Kier molecular flexibility index (Phi) is 4.89. The summed E-state index contributed by atoms with van der Waals surface area (Å²) < 4.78 is 9.05. The highest BCUT2D eigenvalue weighted by atomic mass is 79.9. The van der Waals surface area contributed by atoms with Crippen LogP contribution in [-0.4, -0.2) is 22.5 Å². The van der Waals surface area contributed by atoms with Gasteiger partial charge < -0.3 is 14.9 Å². The van der Waals surface area contributed by atoms with Gasteiger partial charge >= 0.3 is 0 Å². The molecule has 0 radical (unpaired) electrons. The van der Waals surface area contributed by atoms with Crippen LogP contribution < -0.4 is 15.9 Å². The average Bonchev–Trinajstić information content (AvgIpc) is 3.05. The first-order valence-corrected chi connectivity index (χ1v) is 10.7. The smallest absolute Gasteiger partial charge is 0.193 e. The first-order valence-electron chi connectivity index (χ1n) is 9.90. The normalized spacial score (nSPS) is 11.7. The summed E-state index contributed by atoms with van der Waals surface area (Å²) in [4.78, 5) is 17.6. The molecule has 5 nitrogen and oxygen atoms in total. The Balaban J connectivity index is 1.79. The van der Waals surface area contributed by atoms with Crippen molar-refractivity contribution in [2.75, 3.05) is 13.2 Å². The zero-order valence-electron chi connectivity index (χ0n) is 16.3. The van der Waals surface area contributed by atoms with E-state index in [1.165, 1.54) is 0 Å². The standard InChI is InChI=1S/C24H20BrN3O2/c25-17-4-5-19-20-11-18(30-8-2-6-26)12-21-23(20)28(22(19)10-17)14-16(24(21)29)9-15-3-1-7-27-13-15/h1,3-5,7,10-14H,2,6,8-9,26H2. The minimum absolute atomic E-state index is 0.0301. The summed E-state index contributed by atoms with van der Waals surface area (Å²) in [7, 11) is 0. The molecule has 2 aromatic carbocycles. The number of hydrogen-bond acceptors (Lipinski definition) is 4. The number of rotatable bonds is 6. The number of halogens is 1. The fraction of sp³-hybridized carbons (Fsp3) is 0.167. The fourth-order valence-electron chi connectivity index (χ4n) is 4.02. The topological polar surface area (TPSA) is 69.6 Å². The lowest BCUT2D eigenvalue weighted by atomic mass is 10.0. The van der Waals surface area contributed by atoms with Crippen molar-refractivity contribution in [3.63, 3.8) is 0 Å². The molecule has 3 aromatic heterocycles. The SMILES string of the molecule is NCCCOc1cc2c(=O)c(Cc3cccnc3)cn3c4cc(Br)ccc4c(c1)c23. The highest BCUT2D eigenvalue weighted by Crippen LogP contribution is 2.35. The molecule has 0 amide bonds. The Morgan fingerprint density at radius 3 is 2.77 bits per heavy atom. The van der Waals surface area contributed by atoms with Gasteiger partial charge in [-0.15, -0.1) is 0 Å². The molecule has 0 fully saturated rings. The molecule has 6 heteroatoms. The number of hydrogen-bond donors (Lipinski definition) is 1. The predicted octanol–water partition coefficient (Wildman–Crippen LogP) is 4.52. The maximum absolute atomic E-state index is 13.4. The molecule has 5 rings (SSSR count). The molecule has 5 aromatic rings. The highest BCUT2D eigenvalue weighted by Gasteiger charge is 2.18. The second-order valence-corrected chi connectivity index (χ2v) is 8.33. The zero-order valence-corrected chi connectivity index (χ0v) is 17.9. The molecule has 0 spiro atoms. The van der Waals surface area contributed by atoms with E-state index in [0.717, 1.165) is 43.8 Å². The number of benzene rings is 2. The summed E-state index contributed by atoms with van der Waals surface area (Å²) in [6.07, 6.45) is 6.80. The number of pyridine rings is 2. The van der Waals surface area contributed by atoms with Crippen LogP contribution in [0, 0.1) is 0 Å². The van der Waals surface area contributed by atoms with Crippen LogP contribution in [0.15, 0.2) is 70.3 Å². The van der Waals surface area contributed by atoms with Crippen LogP contribution in [0.1, 0.15) is 17.5 Å². The molecule has 0 unspecified atom stereocenters. The molecule has 0 aliphatic carbocycles. The van der Waals surface area contributed by atoms with E-state index in [0.29, 0.717) is 30.7 Å². The van der Waals surface area contributed by atoms with Crippen LogP contribution in [0.4, 0.5) is 0 Å². The molecule has 2 N–H and O–H groups in total. The molecular weight excluding hydrogens is 442 g/mol. The Bertz CT molecular complexity index is 1410. The van der Waals surface area contributed by atoms with Crippen molar-refractivity contribution < 1.29 is 4.74 Å². The first kappa shape index (κ1) is 19.0. The minimum atomic E-state index is 0.0301. The van der Waals surface area contributed by atoms with Gasteiger partial charge in [0.25, 0.3) is 0 Å². The Morgan fingerprint density at radius 1 is 1.10 bits per heavy atom. The molecule has 30 heavy (non-hydrogen) atoms. The number of ether oxygens (including phenoxy) is 1. The van der Waals surface area contributed by atoms with Crippen LogP contribution >= 0.6 is 15.9 Å². The zero-order chi connectivity index (χ0) is 20.7. The van der Waals surface area contributed by atoms with Crippen molar-refractivity contribution in [2.45, 2.75) is 12.8 Å². The van der Waals surface area contributed by atoms with Gasteiger partial charge in [0.15, 0.2) is 5.43 Å². The van der Waals surface area contributed by atoms with Crippen molar-refractivity contribution in [3.05, 3.63) is 86.9 Å². The molecule has 0 aliphatic heterocycles. The third kappa shape index (κ3) is 3.22. The molecular formula is C24H20BrN3O2. The maximum Gasteiger partial charge on any atom is 0.193 e. The monoisotopic (exact) mass is 461 g/mol. The number of nitrogens with two attached hydrogens (primary N) is 1. The number of fused-ring (bicyclic) bond motifs is 3. The van der Waals surface area contributed by atoms with Crippen LogP contribution in [-0.2, 0) is 6.42 Å². The van der Waals surface area contributed by atoms with Crippen molar-refractivity contribution in [2.24, 2.45) is 5.73 Å². The van der Waals surface area contributed by atoms with Crippen LogP contribution in [0.3, 0.4) is 0 Å². The third-order valence-corrected chi connectivity index (χ3v) is 5.88. The van der Waals surface area contributed by atoms with Crippen molar-refractivity contribution >= 4 is 43.1 Å². The summed E-state index contributed by atoms with van der Waals surface area (Å²) in [6.45, 7) is 1.09. The van der Waals surface area contributed by atoms with E-state index >= 15 is 0 Å². The van der Waals surface area contributed by atoms with E-state index in [1.807, 2.05) is 36.5 Å². The van der Waals surface area contributed by atoms with Gasteiger partial charge in [-0.2, -0.15) is 0 Å². The van der Waals surface area contributed by atoms with Crippen LogP contribution in [0.25, 0.3) is 27.2 Å². The van der Waals surface area contributed by atoms with Crippen LogP contribution in [0.2, 0.25) is 0 Å². The van der Waals surface area contributed by atoms with Gasteiger partial charge in [0.1, 0.15) is 5.75 Å². The highest BCUT2D eigenvalue weighted by molar-refractivity contribution is 9.10. The molecule has 3 heterocycles. The largest absolute Gasteiger partial charge is 0.493 e. The van der Waals surface area contributed by atoms with E-state index in [9.17, 15) is 4.79 Å². The lowest BCUT2D eigenvalue weighted by Crippen LogP contribution is -2.12. The van der Waals surface area contributed by atoms with Gasteiger partial charge in [0, 0.05) is 45.8 Å². The van der Waals surface area contributed by atoms with Gasteiger partial charge in [-0.1, -0.05) is 28.1 Å². The van der Waals surface area contributed by atoms with Gasteiger partial charge in [-0.05, 0) is 48.9 Å². The predicted molar refractivity (Wildman–Crippen MR) is 124 cm³/mol. The van der Waals surface area contributed by atoms with E-state index in [1.54, 1.807) is 12.4 Å². The summed E-state index contributed by atoms with van der Waals surface area (Å²) in [6, 6.07) is 14.0. The lowest BCUT2D eigenvalue weighted by Gasteiger charge is -2.10. The Morgan fingerprint density at radius 2 is 1.97 bits per heavy atom. The number of nitrogens with zero attached hydrogens (tertiary/aromatic N) is 2. The summed E-state index contributed by atoms with van der Waals surface area (Å²) in [5.74, 6) is 0.698. The van der Waals surface area contributed by atoms with Crippen molar-refractivity contribution in [1.29, 1.82) is 0 Å². The van der Waals surface area contributed by atoms with Gasteiger partial charge in [-0.3, -0.25) is 9.78 Å². The van der Waals surface area contributed by atoms with E-state index in [2.05, 4.69) is 37.4 Å². The molecule has 0 bridgehead atoms. The quantitative estimate of drug-likeness (QED) is 0.377. The van der Waals surface area contributed by atoms with Crippen molar-refractivity contribution in [1.82, 2.24) is 9.38 Å². The number of aromatic nitrogens is 2. The molecule has 0 atom stereocenters. The average molecular weight is 462 g/mol. The first-order chi connectivity index (χ1) is 14.7. The summed E-state index contributed by atoms with van der Waals surface area (Å²) in [5, 5.41) is 2.78. The molecule has 150 valence electrons. The summed E-state index contributed by atoms with van der Waals surface area (Å²) >= 11 is 3.58. The molecule has 0 saturated carbocycles. The summed E-state index contributed by atoms with van der Waals surface area (Å²) in [5.41, 5.74) is 9.34. The lowest BCUT2D eigenvalue weighted by molar-refractivity contribution is 0.314. The van der Waals surface area contributed by atoms with E-state index in [-0.39, 0.29) is 5.43 Å². The van der Waals surface area contributed by atoms with E-state index in [4.69, 9.17) is 10.5 Å². The van der Waals surface area contributed by atoms with Crippen LogP contribution in [0.5, 0.6) is 5.75 Å².